The lowest BCUT2D eigenvalue weighted by Crippen LogP contribution is -2.24. The van der Waals surface area contributed by atoms with E-state index in [9.17, 15) is 9.59 Å². The lowest BCUT2D eigenvalue weighted by molar-refractivity contribution is 0.101. The number of nitrogens with zero attached hydrogens (tertiary/aromatic N) is 1. The summed E-state index contributed by atoms with van der Waals surface area (Å²) in [5, 5.41) is 0. The molecule has 0 aliphatic carbocycles. The van der Waals surface area contributed by atoms with Gasteiger partial charge in [0.05, 0.1) is 5.56 Å². The van der Waals surface area contributed by atoms with Crippen LogP contribution in [0.15, 0.2) is 23.1 Å². The zero-order chi connectivity index (χ0) is 11.3. The van der Waals surface area contributed by atoms with Crippen LogP contribution in [0.25, 0.3) is 0 Å². The third-order valence-electron chi connectivity index (χ3n) is 2.40. The fourth-order valence-electron chi connectivity index (χ4n) is 1.51. The fourth-order valence-corrected chi connectivity index (χ4v) is 1.51. The zero-order valence-corrected chi connectivity index (χ0v) is 9.32. The van der Waals surface area contributed by atoms with Gasteiger partial charge in [-0.15, -0.1) is 0 Å². The summed E-state index contributed by atoms with van der Waals surface area (Å²) in [5.41, 5.74) is 0.120. The number of ketones is 1. The van der Waals surface area contributed by atoms with Gasteiger partial charge in [-0.1, -0.05) is 19.8 Å². The van der Waals surface area contributed by atoms with Crippen LogP contribution in [-0.4, -0.2) is 10.4 Å². The molecule has 0 fully saturated rings. The summed E-state index contributed by atoms with van der Waals surface area (Å²) >= 11 is 0. The topological polar surface area (TPSA) is 39.1 Å². The van der Waals surface area contributed by atoms with Gasteiger partial charge in [0.2, 0.25) is 0 Å². The van der Waals surface area contributed by atoms with Crippen LogP contribution in [0.1, 0.15) is 43.5 Å². The second kappa shape index (κ2) is 5.49. The molecule has 0 amide bonds. The van der Waals surface area contributed by atoms with Gasteiger partial charge in [-0.25, -0.2) is 0 Å². The minimum Gasteiger partial charge on any atom is -0.315 e. The molecule has 1 aromatic rings. The fraction of sp³-hybridized carbons (Fsp3) is 0.500. The number of rotatable bonds is 5. The molecule has 0 aromatic carbocycles. The molecule has 0 unspecified atom stereocenters. The Morgan fingerprint density at radius 3 is 2.73 bits per heavy atom. The summed E-state index contributed by atoms with van der Waals surface area (Å²) in [6, 6.07) is 3.34. The van der Waals surface area contributed by atoms with Crippen molar-refractivity contribution in [2.24, 2.45) is 0 Å². The third-order valence-corrected chi connectivity index (χ3v) is 2.40. The predicted octanol–water partition coefficient (Wildman–Crippen LogP) is 2.24. The Bertz CT molecular complexity index is 393. The Morgan fingerprint density at radius 2 is 2.13 bits per heavy atom. The number of unbranched alkanes of at least 4 members (excludes halogenated alkanes) is 2. The molecule has 15 heavy (non-hydrogen) atoms. The SMILES string of the molecule is CCCCCn1cccc(C(C)=O)c1=O. The first-order valence-electron chi connectivity index (χ1n) is 5.37. The largest absolute Gasteiger partial charge is 0.315 e. The molecule has 1 heterocycles. The quantitative estimate of drug-likeness (QED) is 0.548. The van der Waals surface area contributed by atoms with Gasteiger partial charge in [-0.05, 0) is 25.5 Å². The summed E-state index contributed by atoms with van der Waals surface area (Å²) < 4.78 is 1.62. The van der Waals surface area contributed by atoms with E-state index >= 15 is 0 Å². The molecule has 0 bridgehead atoms. The van der Waals surface area contributed by atoms with Crippen molar-refractivity contribution in [2.45, 2.75) is 39.7 Å². The molecule has 1 rings (SSSR count). The van der Waals surface area contributed by atoms with Crippen LogP contribution in [0.5, 0.6) is 0 Å². The summed E-state index contributed by atoms with van der Waals surface area (Å²) in [4.78, 5) is 22.9. The van der Waals surface area contributed by atoms with E-state index < -0.39 is 0 Å². The molecule has 3 nitrogen and oxygen atoms in total. The van der Waals surface area contributed by atoms with Gasteiger partial charge in [0.15, 0.2) is 5.78 Å². The normalized spacial score (nSPS) is 10.3. The lowest BCUT2D eigenvalue weighted by Gasteiger charge is -2.05. The van der Waals surface area contributed by atoms with E-state index in [0.717, 1.165) is 19.3 Å². The highest BCUT2D eigenvalue weighted by molar-refractivity contribution is 5.93. The van der Waals surface area contributed by atoms with E-state index in [0.29, 0.717) is 6.54 Å². The second-order valence-electron chi connectivity index (χ2n) is 3.68. The van der Waals surface area contributed by atoms with E-state index in [-0.39, 0.29) is 16.9 Å². The second-order valence-corrected chi connectivity index (χ2v) is 3.68. The zero-order valence-electron chi connectivity index (χ0n) is 9.32. The number of Topliss-reactive ketones (excluding diaryl/α,β-unsaturated/α-hetero) is 1. The Morgan fingerprint density at radius 1 is 1.40 bits per heavy atom. The van der Waals surface area contributed by atoms with Crippen molar-refractivity contribution in [1.82, 2.24) is 4.57 Å². The van der Waals surface area contributed by atoms with Crippen LogP contribution >= 0.6 is 0 Å². The van der Waals surface area contributed by atoms with Crippen LogP contribution < -0.4 is 5.56 Å². The highest BCUT2D eigenvalue weighted by Gasteiger charge is 2.06. The van der Waals surface area contributed by atoms with Crippen LogP contribution in [0.3, 0.4) is 0 Å². The third kappa shape index (κ3) is 3.05. The number of pyridine rings is 1. The highest BCUT2D eigenvalue weighted by atomic mass is 16.1. The first kappa shape index (κ1) is 11.7. The van der Waals surface area contributed by atoms with Crippen molar-refractivity contribution in [1.29, 1.82) is 0 Å². The van der Waals surface area contributed by atoms with Crippen LogP contribution in [0.4, 0.5) is 0 Å². The van der Waals surface area contributed by atoms with Crippen LogP contribution in [0.2, 0.25) is 0 Å². The minimum atomic E-state index is -0.166. The molecule has 0 saturated carbocycles. The monoisotopic (exact) mass is 207 g/mol. The minimum absolute atomic E-state index is 0.162. The molecule has 0 spiro atoms. The average Bonchev–Trinajstić information content (AvgIpc) is 2.20. The van der Waals surface area contributed by atoms with Crippen molar-refractivity contribution in [3.8, 4) is 0 Å². The number of carbonyl (C=O) groups excluding carboxylic acids is 1. The molecule has 0 atom stereocenters. The van der Waals surface area contributed by atoms with Crippen molar-refractivity contribution < 1.29 is 4.79 Å². The first-order chi connectivity index (χ1) is 7.16. The van der Waals surface area contributed by atoms with Crippen molar-refractivity contribution in [3.05, 3.63) is 34.2 Å². The van der Waals surface area contributed by atoms with Gasteiger partial charge >= 0.3 is 0 Å². The summed E-state index contributed by atoms with van der Waals surface area (Å²) in [6.45, 7) is 4.25. The van der Waals surface area contributed by atoms with E-state index in [1.807, 2.05) is 0 Å². The van der Waals surface area contributed by atoms with E-state index in [1.54, 1.807) is 22.9 Å². The smallest absolute Gasteiger partial charge is 0.261 e. The molecule has 0 radical (unpaired) electrons. The molecule has 0 N–H and O–H groups in total. The average molecular weight is 207 g/mol. The van der Waals surface area contributed by atoms with Crippen LogP contribution in [0, 0.1) is 0 Å². The summed E-state index contributed by atoms with van der Waals surface area (Å²) in [6.07, 6.45) is 4.96. The van der Waals surface area contributed by atoms with Crippen molar-refractivity contribution in [2.75, 3.05) is 0 Å². The first-order valence-corrected chi connectivity index (χ1v) is 5.37. The Kier molecular flexibility index (Phi) is 4.28. The molecule has 0 aliphatic heterocycles. The van der Waals surface area contributed by atoms with Gasteiger partial charge in [0.1, 0.15) is 0 Å². The summed E-state index contributed by atoms with van der Waals surface area (Å²) in [7, 11) is 0. The maximum absolute atomic E-state index is 11.7. The van der Waals surface area contributed by atoms with E-state index in [4.69, 9.17) is 0 Å². The predicted molar refractivity (Wildman–Crippen MR) is 60.2 cm³/mol. The van der Waals surface area contributed by atoms with Crippen molar-refractivity contribution in [3.63, 3.8) is 0 Å². The van der Waals surface area contributed by atoms with Crippen LogP contribution in [-0.2, 0) is 6.54 Å². The molecular weight excluding hydrogens is 190 g/mol. The molecule has 0 aliphatic rings. The molecule has 3 heteroatoms. The van der Waals surface area contributed by atoms with Gasteiger partial charge in [0.25, 0.3) is 5.56 Å². The summed E-state index contributed by atoms with van der Waals surface area (Å²) in [5.74, 6) is -0.162. The molecular formula is C12H17NO2. The van der Waals surface area contributed by atoms with E-state index in [2.05, 4.69) is 6.92 Å². The number of hydrogen-bond acceptors (Lipinski definition) is 2. The Labute approximate surface area is 89.7 Å². The number of aryl methyl sites for hydroxylation is 1. The number of hydrogen-bond donors (Lipinski definition) is 0. The molecule has 82 valence electrons. The standard InChI is InChI=1S/C12H17NO2/c1-3-4-5-8-13-9-6-7-11(10(2)14)12(13)15/h6-7,9H,3-5,8H2,1-2H3. The van der Waals surface area contributed by atoms with Gasteiger partial charge in [-0.2, -0.15) is 0 Å². The van der Waals surface area contributed by atoms with Gasteiger partial charge < -0.3 is 4.57 Å². The van der Waals surface area contributed by atoms with E-state index in [1.165, 1.54) is 6.92 Å². The van der Waals surface area contributed by atoms with Gasteiger partial charge in [-0.3, -0.25) is 9.59 Å². The Balaban J connectivity index is 2.85. The molecule has 0 saturated heterocycles. The molecule has 1 aromatic heterocycles. The number of carbonyl (C=O) groups is 1. The van der Waals surface area contributed by atoms with Gasteiger partial charge in [0, 0.05) is 12.7 Å². The maximum Gasteiger partial charge on any atom is 0.261 e. The number of aromatic nitrogens is 1. The Hall–Kier alpha value is -1.38. The highest BCUT2D eigenvalue weighted by Crippen LogP contribution is 1.98. The lowest BCUT2D eigenvalue weighted by atomic mass is 10.2. The van der Waals surface area contributed by atoms with Crippen molar-refractivity contribution >= 4 is 5.78 Å². The maximum atomic E-state index is 11.7.